The Morgan fingerprint density at radius 1 is 1.47 bits per heavy atom. The van der Waals surface area contributed by atoms with Crippen LogP contribution in [0.4, 0.5) is 0 Å². The molecule has 3 heteroatoms. The summed E-state index contributed by atoms with van der Waals surface area (Å²) in [5.74, 6) is 1.09. The predicted octanol–water partition coefficient (Wildman–Crippen LogP) is 2.35. The average Bonchev–Trinajstić information content (AvgIpc) is 3.06. The van der Waals surface area contributed by atoms with Crippen LogP contribution in [-0.4, -0.2) is 43.5 Å². The van der Waals surface area contributed by atoms with Gasteiger partial charge in [0, 0.05) is 31.7 Å². The molecule has 0 aliphatic heterocycles. The molecule has 0 bridgehead atoms. The lowest BCUT2D eigenvalue weighted by atomic mass is 9.87. The highest BCUT2D eigenvalue weighted by Crippen LogP contribution is 2.36. The summed E-state index contributed by atoms with van der Waals surface area (Å²) < 4.78 is 5.17. The number of ether oxygens (including phenoxy) is 1. The van der Waals surface area contributed by atoms with Crippen LogP contribution in [0.3, 0.4) is 0 Å². The second-order valence-electron chi connectivity index (χ2n) is 5.98. The van der Waals surface area contributed by atoms with E-state index in [4.69, 9.17) is 4.74 Å². The molecule has 0 N–H and O–H groups in total. The van der Waals surface area contributed by atoms with Crippen molar-refractivity contribution in [1.29, 1.82) is 0 Å². The molecule has 1 saturated carbocycles. The van der Waals surface area contributed by atoms with Crippen molar-refractivity contribution in [3.8, 4) is 0 Å². The Kier molecular flexibility index (Phi) is 5.14. The van der Waals surface area contributed by atoms with Crippen LogP contribution in [0.2, 0.25) is 0 Å². The number of Topliss-reactive ketones (excluding diaryl/α,β-unsaturated/α-hetero) is 1. The highest BCUT2D eigenvalue weighted by Gasteiger charge is 2.35. The summed E-state index contributed by atoms with van der Waals surface area (Å²) in [6.07, 6.45) is 2.68. The number of carbonyl (C=O) groups excluding carboxylic acids is 1. The molecular formula is C14H27NO2. The Morgan fingerprint density at radius 3 is 2.47 bits per heavy atom. The lowest BCUT2D eigenvalue weighted by molar-refractivity contribution is -0.126. The van der Waals surface area contributed by atoms with Gasteiger partial charge in [-0.05, 0) is 32.6 Å². The Morgan fingerprint density at radius 2 is 2.06 bits per heavy atom. The zero-order chi connectivity index (χ0) is 13.1. The van der Waals surface area contributed by atoms with Crippen molar-refractivity contribution in [3.63, 3.8) is 0 Å². The number of rotatable bonds is 8. The van der Waals surface area contributed by atoms with E-state index >= 15 is 0 Å². The lowest BCUT2D eigenvalue weighted by Crippen LogP contribution is -2.45. The fourth-order valence-electron chi connectivity index (χ4n) is 2.13. The van der Waals surface area contributed by atoms with Gasteiger partial charge in [-0.3, -0.25) is 9.69 Å². The van der Waals surface area contributed by atoms with Crippen molar-refractivity contribution in [3.05, 3.63) is 0 Å². The van der Waals surface area contributed by atoms with Gasteiger partial charge in [-0.1, -0.05) is 13.8 Å². The Labute approximate surface area is 106 Å². The Bertz CT molecular complexity index is 259. The van der Waals surface area contributed by atoms with Crippen molar-refractivity contribution >= 4 is 5.78 Å². The van der Waals surface area contributed by atoms with E-state index in [2.05, 4.69) is 11.8 Å². The topological polar surface area (TPSA) is 29.5 Å². The molecule has 0 saturated heterocycles. The second-order valence-corrected chi connectivity index (χ2v) is 5.98. The third-order valence-corrected chi connectivity index (χ3v) is 4.01. The van der Waals surface area contributed by atoms with Crippen LogP contribution in [-0.2, 0) is 9.53 Å². The van der Waals surface area contributed by atoms with E-state index in [1.807, 2.05) is 13.8 Å². The SMILES string of the molecule is COCCN(CC(C)(C)C(C)=O)C(C)C1CC1. The molecule has 0 heterocycles. The zero-order valence-corrected chi connectivity index (χ0v) is 12.0. The number of hydrogen-bond donors (Lipinski definition) is 0. The first-order valence-electron chi connectivity index (χ1n) is 6.62. The Hall–Kier alpha value is -0.410. The maximum Gasteiger partial charge on any atom is 0.136 e. The van der Waals surface area contributed by atoms with E-state index in [0.29, 0.717) is 6.04 Å². The minimum atomic E-state index is -0.253. The third kappa shape index (κ3) is 4.40. The molecule has 0 aromatic heterocycles. The van der Waals surface area contributed by atoms with Gasteiger partial charge in [0.1, 0.15) is 5.78 Å². The van der Waals surface area contributed by atoms with Crippen molar-refractivity contribution in [2.24, 2.45) is 11.3 Å². The van der Waals surface area contributed by atoms with E-state index in [0.717, 1.165) is 25.6 Å². The predicted molar refractivity (Wildman–Crippen MR) is 70.1 cm³/mol. The van der Waals surface area contributed by atoms with Crippen molar-refractivity contribution in [2.75, 3.05) is 26.8 Å². The summed E-state index contributed by atoms with van der Waals surface area (Å²) in [5, 5.41) is 0. The molecule has 1 atom stereocenters. The number of hydrogen-bond acceptors (Lipinski definition) is 3. The van der Waals surface area contributed by atoms with Crippen LogP contribution in [0.15, 0.2) is 0 Å². The minimum absolute atomic E-state index is 0.253. The molecular weight excluding hydrogens is 214 g/mol. The monoisotopic (exact) mass is 241 g/mol. The quantitative estimate of drug-likeness (QED) is 0.653. The summed E-state index contributed by atoms with van der Waals surface area (Å²) in [6, 6.07) is 0.573. The molecule has 0 radical (unpaired) electrons. The fourth-order valence-corrected chi connectivity index (χ4v) is 2.13. The highest BCUT2D eigenvalue weighted by molar-refractivity contribution is 5.81. The van der Waals surface area contributed by atoms with E-state index in [9.17, 15) is 4.79 Å². The first-order valence-corrected chi connectivity index (χ1v) is 6.62. The van der Waals surface area contributed by atoms with Gasteiger partial charge in [-0.15, -0.1) is 0 Å². The normalized spacial score (nSPS) is 18.5. The van der Waals surface area contributed by atoms with Gasteiger partial charge in [-0.25, -0.2) is 0 Å². The number of carbonyl (C=O) groups is 1. The maximum atomic E-state index is 11.6. The summed E-state index contributed by atoms with van der Waals surface area (Å²) in [6.45, 7) is 10.5. The maximum absolute atomic E-state index is 11.6. The minimum Gasteiger partial charge on any atom is -0.383 e. The van der Waals surface area contributed by atoms with Gasteiger partial charge in [0.2, 0.25) is 0 Å². The van der Waals surface area contributed by atoms with Gasteiger partial charge >= 0.3 is 0 Å². The van der Waals surface area contributed by atoms with Crippen LogP contribution in [0.1, 0.15) is 40.5 Å². The van der Waals surface area contributed by atoms with E-state index in [1.54, 1.807) is 14.0 Å². The zero-order valence-electron chi connectivity index (χ0n) is 12.0. The summed E-state index contributed by atoms with van der Waals surface area (Å²) in [4.78, 5) is 14.0. The summed E-state index contributed by atoms with van der Waals surface area (Å²) in [5.41, 5.74) is -0.253. The molecule has 1 aliphatic carbocycles. The first-order chi connectivity index (χ1) is 7.88. The molecule has 0 aromatic rings. The van der Waals surface area contributed by atoms with Crippen LogP contribution in [0.25, 0.3) is 0 Å². The number of methoxy groups -OCH3 is 1. The van der Waals surface area contributed by atoms with Crippen LogP contribution in [0.5, 0.6) is 0 Å². The van der Waals surface area contributed by atoms with Gasteiger partial charge in [0.25, 0.3) is 0 Å². The molecule has 0 amide bonds. The van der Waals surface area contributed by atoms with Crippen LogP contribution in [0, 0.1) is 11.3 Å². The molecule has 1 aliphatic rings. The van der Waals surface area contributed by atoms with Crippen molar-refractivity contribution in [2.45, 2.75) is 46.6 Å². The van der Waals surface area contributed by atoms with E-state index in [-0.39, 0.29) is 11.2 Å². The lowest BCUT2D eigenvalue weighted by Gasteiger charge is -2.35. The second kappa shape index (κ2) is 5.96. The van der Waals surface area contributed by atoms with E-state index in [1.165, 1.54) is 12.8 Å². The van der Waals surface area contributed by atoms with Gasteiger partial charge in [-0.2, -0.15) is 0 Å². The molecule has 0 aromatic carbocycles. The van der Waals surface area contributed by atoms with Crippen molar-refractivity contribution < 1.29 is 9.53 Å². The van der Waals surface area contributed by atoms with Gasteiger partial charge in [0.15, 0.2) is 0 Å². The van der Waals surface area contributed by atoms with E-state index < -0.39 is 0 Å². The molecule has 17 heavy (non-hydrogen) atoms. The average molecular weight is 241 g/mol. The van der Waals surface area contributed by atoms with Crippen molar-refractivity contribution in [1.82, 2.24) is 4.90 Å². The first kappa shape index (κ1) is 14.7. The standard InChI is InChI=1S/C14H27NO2/c1-11(13-6-7-13)15(8-9-17-5)10-14(3,4)12(2)16/h11,13H,6-10H2,1-5H3. The molecule has 1 unspecified atom stereocenters. The van der Waals surface area contributed by atoms with Crippen LogP contribution < -0.4 is 0 Å². The smallest absolute Gasteiger partial charge is 0.136 e. The molecule has 1 rings (SSSR count). The van der Waals surface area contributed by atoms with Gasteiger partial charge in [0.05, 0.1) is 6.61 Å². The fraction of sp³-hybridized carbons (Fsp3) is 0.929. The molecule has 1 fully saturated rings. The number of ketones is 1. The summed E-state index contributed by atoms with van der Waals surface area (Å²) in [7, 11) is 1.73. The number of nitrogens with zero attached hydrogens (tertiary/aromatic N) is 1. The Balaban J connectivity index is 2.58. The molecule has 100 valence electrons. The third-order valence-electron chi connectivity index (χ3n) is 4.01. The van der Waals surface area contributed by atoms with Crippen LogP contribution >= 0.6 is 0 Å². The largest absolute Gasteiger partial charge is 0.383 e. The highest BCUT2D eigenvalue weighted by atomic mass is 16.5. The van der Waals surface area contributed by atoms with Gasteiger partial charge < -0.3 is 4.74 Å². The molecule has 0 spiro atoms. The molecule has 3 nitrogen and oxygen atoms in total. The summed E-state index contributed by atoms with van der Waals surface area (Å²) >= 11 is 0.